The molecule has 0 radical (unpaired) electrons. The summed E-state index contributed by atoms with van der Waals surface area (Å²) in [5.74, 6) is 1.31. The molecule has 0 saturated carbocycles. The largest absolute Gasteiger partial charge is 0.311 e. The van der Waals surface area contributed by atoms with Crippen LogP contribution in [0.5, 0.6) is 0 Å². The van der Waals surface area contributed by atoms with Crippen LogP contribution < -0.4 is 5.32 Å². The fourth-order valence-electron chi connectivity index (χ4n) is 1.83. The van der Waals surface area contributed by atoms with Crippen LogP contribution in [0.1, 0.15) is 51.3 Å². The molecule has 0 amide bonds. The van der Waals surface area contributed by atoms with E-state index in [1.807, 2.05) is 16.4 Å². The Morgan fingerprint density at radius 2 is 2.06 bits per heavy atom. The van der Waals surface area contributed by atoms with E-state index in [0.29, 0.717) is 6.04 Å². The lowest BCUT2D eigenvalue weighted by atomic mass is 10.2. The van der Waals surface area contributed by atoms with Crippen LogP contribution in [0.25, 0.3) is 0 Å². The number of unbranched alkanes of at least 4 members (excludes halogenated alkanes) is 3. The Labute approximate surface area is 116 Å². The van der Waals surface area contributed by atoms with Gasteiger partial charge in [0.25, 0.3) is 0 Å². The maximum atomic E-state index is 4.52. The van der Waals surface area contributed by atoms with Gasteiger partial charge in [0.1, 0.15) is 0 Å². The average molecular weight is 269 g/mol. The second-order valence-electron chi connectivity index (χ2n) is 4.96. The number of hydrogen-bond acceptors (Lipinski definition) is 3. The van der Waals surface area contributed by atoms with Crippen molar-refractivity contribution in [3.63, 3.8) is 0 Å². The van der Waals surface area contributed by atoms with Crippen molar-refractivity contribution < 1.29 is 0 Å². The van der Waals surface area contributed by atoms with Crippen LogP contribution in [0.15, 0.2) is 12.3 Å². The van der Waals surface area contributed by atoms with Gasteiger partial charge in [0.05, 0.1) is 5.69 Å². The van der Waals surface area contributed by atoms with Crippen molar-refractivity contribution in [1.29, 1.82) is 0 Å². The molecular weight excluding hydrogens is 242 g/mol. The maximum absolute atomic E-state index is 4.52. The van der Waals surface area contributed by atoms with Gasteiger partial charge in [0.2, 0.25) is 0 Å². The summed E-state index contributed by atoms with van der Waals surface area (Å²) in [6, 6.07) is 2.56. The monoisotopic (exact) mass is 269 g/mol. The highest BCUT2D eigenvalue weighted by Gasteiger charge is 2.01. The highest BCUT2D eigenvalue weighted by atomic mass is 32.2. The van der Waals surface area contributed by atoms with Crippen molar-refractivity contribution in [2.45, 2.75) is 52.1 Å². The number of nitrogens with one attached hydrogen (secondary N) is 1. The van der Waals surface area contributed by atoms with Crippen LogP contribution in [0.4, 0.5) is 0 Å². The highest BCUT2D eigenvalue weighted by Crippen LogP contribution is 2.05. The maximum Gasteiger partial charge on any atom is 0.0762 e. The van der Waals surface area contributed by atoms with Crippen LogP contribution in [-0.2, 0) is 6.54 Å². The number of nitrogens with zero attached hydrogens (tertiary/aromatic N) is 2. The summed E-state index contributed by atoms with van der Waals surface area (Å²) in [6.07, 6.45) is 9.58. The van der Waals surface area contributed by atoms with Gasteiger partial charge in [-0.2, -0.15) is 16.9 Å². The molecule has 104 valence electrons. The molecule has 1 aromatic rings. The molecule has 1 N–H and O–H groups in total. The van der Waals surface area contributed by atoms with Crippen LogP contribution in [-0.4, -0.2) is 28.3 Å². The Bertz CT molecular complexity index is 310. The zero-order chi connectivity index (χ0) is 13.2. The minimum Gasteiger partial charge on any atom is -0.311 e. The molecule has 0 spiro atoms. The van der Waals surface area contributed by atoms with Crippen molar-refractivity contribution in [1.82, 2.24) is 15.1 Å². The first-order valence-electron chi connectivity index (χ1n) is 6.97. The van der Waals surface area contributed by atoms with Gasteiger partial charge in [-0.05, 0) is 51.3 Å². The summed E-state index contributed by atoms with van der Waals surface area (Å²) in [7, 11) is 0. The summed E-state index contributed by atoms with van der Waals surface area (Å²) in [5, 5.41) is 7.98. The van der Waals surface area contributed by atoms with E-state index in [9.17, 15) is 0 Å². The third-order valence-electron chi connectivity index (χ3n) is 2.95. The summed E-state index contributed by atoms with van der Waals surface area (Å²) < 4.78 is 2.01. The van der Waals surface area contributed by atoms with Crippen molar-refractivity contribution in [2.24, 2.45) is 0 Å². The van der Waals surface area contributed by atoms with Gasteiger partial charge < -0.3 is 5.32 Å². The lowest BCUT2D eigenvalue weighted by Crippen LogP contribution is -2.15. The molecule has 1 rings (SSSR count). The molecule has 4 heteroatoms. The van der Waals surface area contributed by atoms with Gasteiger partial charge in [-0.1, -0.05) is 12.8 Å². The van der Waals surface area contributed by atoms with Crippen molar-refractivity contribution in [3.8, 4) is 0 Å². The SMILES string of the molecule is CSCCCCCCNCc1ccn(C(C)C)n1. The lowest BCUT2D eigenvalue weighted by molar-refractivity contribution is 0.519. The minimum atomic E-state index is 0.454. The second-order valence-corrected chi connectivity index (χ2v) is 5.95. The van der Waals surface area contributed by atoms with Crippen molar-refractivity contribution >= 4 is 11.8 Å². The molecule has 3 nitrogen and oxygen atoms in total. The summed E-state index contributed by atoms with van der Waals surface area (Å²) in [4.78, 5) is 0. The average Bonchev–Trinajstić information content (AvgIpc) is 2.81. The van der Waals surface area contributed by atoms with Crippen LogP contribution in [0.3, 0.4) is 0 Å². The topological polar surface area (TPSA) is 29.9 Å². The molecule has 0 bridgehead atoms. The molecule has 0 fully saturated rings. The van der Waals surface area contributed by atoms with E-state index in [2.05, 4.69) is 42.8 Å². The van der Waals surface area contributed by atoms with E-state index < -0.39 is 0 Å². The first-order chi connectivity index (χ1) is 8.74. The van der Waals surface area contributed by atoms with Crippen LogP contribution in [0.2, 0.25) is 0 Å². The molecule has 0 unspecified atom stereocenters. The standard InChI is InChI=1S/C14H27N3S/c1-13(2)17-10-8-14(16-17)12-15-9-6-4-5-7-11-18-3/h8,10,13,15H,4-7,9,11-12H2,1-3H3. The van der Waals surface area contributed by atoms with E-state index in [0.717, 1.165) is 18.8 Å². The zero-order valence-electron chi connectivity index (χ0n) is 12.0. The van der Waals surface area contributed by atoms with Gasteiger partial charge in [-0.15, -0.1) is 0 Å². The summed E-state index contributed by atoms with van der Waals surface area (Å²) in [6.45, 7) is 6.30. The van der Waals surface area contributed by atoms with Gasteiger partial charge in [-0.3, -0.25) is 4.68 Å². The van der Waals surface area contributed by atoms with E-state index in [1.165, 1.54) is 31.4 Å². The Hall–Kier alpha value is -0.480. The van der Waals surface area contributed by atoms with Gasteiger partial charge in [-0.25, -0.2) is 0 Å². The Morgan fingerprint density at radius 3 is 2.72 bits per heavy atom. The lowest BCUT2D eigenvalue weighted by Gasteiger charge is -2.05. The van der Waals surface area contributed by atoms with Crippen LogP contribution in [0, 0.1) is 0 Å². The van der Waals surface area contributed by atoms with Gasteiger partial charge in [0.15, 0.2) is 0 Å². The molecule has 18 heavy (non-hydrogen) atoms. The molecule has 0 aliphatic rings. The van der Waals surface area contributed by atoms with E-state index >= 15 is 0 Å². The normalized spacial score (nSPS) is 11.3. The molecule has 0 aliphatic heterocycles. The number of hydrogen-bond donors (Lipinski definition) is 1. The highest BCUT2D eigenvalue weighted by molar-refractivity contribution is 7.98. The van der Waals surface area contributed by atoms with Crippen molar-refractivity contribution in [2.75, 3.05) is 18.6 Å². The first kappa shape index (κ1) is 15.6. The molecule has 0 atom stereocenters. The predicted octanol–water partition coefficient (Wildman–Crippen LogP) is 3.48. The summed E-state index contributed by atoms with van der Waals surface area (Å²) >= 11 is 1.95. The molecule has 0 aromatic carbocycles. The third kappa shape index (κ3) is 6.45. The fraction of sp³-hybridized carbons (Fsp3) is 0.786. The Balaban J connectivity index is 2.00. The number of thioether (sulfide) groups is 1. The van der Waals surface area contributed by atoms with E-state index in [1.54, 1.807) is 0 Å². The van der Waals surface area contributed by atoms with E-state index in [4.69, 9.17) is 0 Å². The molecule has 1 heterocycles. The zero-order valence-corrected chi connectivity index (χ0v) is 12.8. The quantitative estimate of drug-likeness (QED) is 0.660. The molecule has 1 aromatic heterocycles. The van der Waals surface area contributed by atoms with Gasteiger partial charge >= 0.3 is 0 Å². The third-order valence-corrected chi connectivity index (χ3v) is 3.65. The minimum absolute atomic E-state index is 0.454. The smallest absolute Gasteiger partial charge is 0.0762 e. The van der Waals surface area contributed by atoms with E-state index in [-0.39, 0.29) is 0 Å². The molecular formula is C14H27N3S. The van der Waals surface area contributed by atoms with Crippen LogP contribution >= 0.6 is 11.8 Å². The number of aromatic nitrogens is 2. The predicted molar refractivity (Wildman–Crippen MR) is 81.2 cm³/mol. The Kier molecular flexibility index (Phi) is 8.18. The van der Waals surface area contributed by atoms with Gasteiger partial charge in [0, 0.05) is 18.8 Å². The molecule has 0 saturated heterocycles. The second kappa shape index (κ2) is 9.45. The summed E-state index contributed by atoms with van der Waals surface area (Å²) in [5.41, 5.74) is 1.14. The van der Waals surface area contributed by atoms with Crippen molar-refractivity contribution in [3.05, 3.63) is 18.0 Å². The Morgan fingerprint density at radius 1 is 1.28 bits per heavy atom. The fourth-order valence-corrected chi connectivity index (χ4v) is 2.32. The number of rotatable bonds is 10. The first-order valence-corrected chi connectivity index (χ1v) is 8.37. The molecule has 0 aliphatic carbocycles.